The van der Waals surface area contributed by atoms with Crippen molar-refractivity contribution in [2.24, 2.45) is 11.7 Å². The maximum Gasteiger partial charge on any atom is 0.227 e. The third-order valence-corrected chi connectivity index (χ3v) is 4.65. The number of nitrogens with two attached hydrogens (primary N) is 1. The molecular weight excluding hydrogens is 252 g/mol. The number of hydrogen-bond acceptors (Lipinski definition) is 3. The fourth-order valence-electron chi connectivity index (χ4n) is 3.43. The Hall–Kier alpha value is -1.55. The van der Waals surface area contributed by atoms with Crippen molar-refractivity contribution in [1.82, 2.24) is 4.90 Å². The predicted octanol–water partition coefficient (Wildman–Crippen LogP) is 1.79. The summed E-state index contributed by atoms with van der Waals surface area (Å²) in [6, 6.07) is 5.46. The molecule has 20 heavy (non-hydrogen) atoms. The SMILES string of the molecule is NC1CCCCC1C(=O)N1CCc2ccc(O)cc2C1. The van der Waals surface area contributed by atoms with Gasteiger partial charge >= 0.3 is 0 Å². The molecule has 1 saturated carbocycles. The molecule has 4 nitrogen and oxygen atoms in total. The molecule has 108 valence electrons. The maximum absolute atomic E-state index is 12.6. The van der Waals surface area contributed by atoms with Crippen LogP contribution in [0.3, 0.4) is 0 Å². The molecule has 1 aromatic carbocycles. The van der Waals surface area contributed by atoms with E-state index in [0.717, 1.165) is 44.2 Å². The van der Waals surface area contributed by atoms with E-state index in [0.29, 0.717) is 6.54 Å². The van der Waals surface area contributed by atoms with Gasteiger partial charge in [-0.15, -0.1) is 0 Å². The van der Waals surface area contributed by atoms with Crippen LogP contribution in [-0.2, 0) is 17.8 Å². The van der Waals surface area contributed by atoms with Crippen molar-refractivity contribution in [1.29, 1.82) is 0 Å². The Morgan fingerprint density at radius 2 is 2.05 bits per heavy atom. The zero-order chi connectivity index (χ0) is 14.1. The van der Waals surface area contributed by atoms with Crippen LogP contribution in [0.5, 0.6) is 5.75 Å². The van der Waals surface area contributed by atoms with E-state index >= 15 is 0 Å². The lowest BCUT2D eigenvalue weighted by Gasteiger charge is -2.35. The number of fused-ring (bicyclic) bond motifs is 1. The highest BCUT2D eigenvalue weighted by molar-refractivity contribution is 5.80. The molecule has 4 heteroatoms. The van der Waals surface area contributed by atoms with Crippen molar-refractivity contribution >= 4 is 5.91 Å². The van der Waals surface area contributed by atoms with Crippen molar-refractivity contribution in [3.63, 3.8) is 0 Å². The summed E-state index contributed by atoms with van der Waals surface area (Å²) in [6.45, 7) is 1.37. The van der Waals surface area contributed by atoms with Crippen LogP contribution in [0.2, 0.25) is 0 Å². The third-order valence-electron chi connectivity index (χ3n) is 4.65. The lowest BCUT2D eigenvalue weighted by Crippen LogP contribution is -2.47. The second-order valence-electron chi connectivity index (χ2n) is 6.02. The van der Waals surface area contributed by atoms with Crippen molar-refractivity contribution in [3.8, 4) is 5.75 Å². The number of carbonyl (C=O) groups is 1. The summed E-state index contributed by atoms with van der Waals surface area (Å²) in [5.74, 6) is 0.459. The Balaban J connectivity index is 1.74. The summed E-state index contributed by atoms with van der Waals surface area (Å²) < 4.78 is 0. The minimum atomic E-state index is -0.0115. The third kappa shape index (κ3) is 2.52. The number of aromatic hydroxyl groups is 1. The lowest BCUT2D eigenvalue weighted by molar-refractivity contribution is -0.138. The highest BCUT2D eigenvalue weighted by atomic mass is 16.3. The lowest BCUT2D eigenvalue weighted by atomic mass is 9.83. The summed E-state index contributed by atoms with van der Waals surface area (Å²) in [4.78, 5) is 14.6. The van der Waals surface area contributed by atoms with Gasteiger partial charge < -0.3 is 15.7 Å². The van der Waals surface area contributed by atoms with Gasteiger partial charge in [0.1, 0.15) is 5.75 Å². The number of phenols is 1. The van der Waals surface area contributed by atoms with E-state index in [9.17, 15) is 9.90 Å². The summed E-state index contributed by atoms with van der Waals surface area (Å²) in [5, 5.41) is 9.58. The van der Waals surface area contributed by atoms with Gasteiger partial charge in [-0.1, -0.05) is 18.9 Å². The van der Waals surface area contributed by atoms with Crippen molar-refractivity contribution in [3.05, 3.63) is 29.3 Å². The van der Waals surface area contributed by atoms with Gasteiger partial charge in [-0.3, -0.25) is 4.79 Å². The second-order valence-corrected chi connectivity index (χ2v) is 6.02. The molecule has 2 unspecified atom stereocenters. The van der Waals surface area contributed by atoms with Crippen LogP contribution in [-0.4, -0.2) is 28.5 Å². The number of hydrogen-bond donors (Lipinski definition) is 2. The van der Waals surface area contributed by atoms with Crippen LogP contribution in [0, 0.1) is 5.92 Å². The fraction of sp³-hybridized carbons (Fsp3) is 0.562. The number of carbonyl (C=O) groups excluding carboxylic acids is 1. The molecule has 1 aliphatic carbocycles. The first-order chi connectivity index (χ1) is 9.65. The van der Waals surface area contributed by atoms with E-state index in [-0.39, 0.29) is 23.6 Å². The van der Waals surface area contributed by atoms with Gasteiger partial charge in [-0.2, -0.15) is 0 Å². The van der Waals surface area contributed by atoms with E-state index in [2.05, 4.69) is 0 Å². The minimum Gasteiger partial charge on any atom is -0.508 e. The predicted molar refractivity (Wildman–Crippen MR) is 77.2 cm³/mol. The number of benzene rings is 1. The molecule has 0 spiro atoms. The quantitative estimate of drug-likeness (QED) is 0.820. The molecule has 3 rings (SSSR count). The Kier molecular flexibility index (Phi) is 3.66. The zero-order valence-corrected chi connectivity index (χ0v) is 11.7. The van der Waals surface area contributed by atoms with E-state index < -0.39 is 0 Å². The molecule has 1 heterocycles. The molecule has 0 aromatic heterocycles. The smallest absolute Gasteiger partial charge is 0.227 e. The molecule has 1 aromatic rings. The van der Waals surface area contributed by atoms with E-state index in [4.69, 9.17) is 5.73 Å². The number of amides is 1. The molecule has 0 radical (unpaired) electrons. The van der Waals surface area contributed by atoms with Crippen molar-refractivity contribution in [2.75, 3.05) is 6.54 Å². The summed E-state index contributed by atoms with van der Waals surface area (Å²) in [6.07, 6.45) is 4.99. The number of nitrogens with zero attached hydrogens (tertiary/aromatic N) is 1. The highest BCUT2D eigenvalue weighted by Crippen LogP contribution is 2.28. The largest absolute Gasteiger partial charge is 0.508 e. The second kappa shape index (κ2) is 5.44. The molecule has 2 aliphatic rings. The first kappa shape index (κ1) is 13.4. The normalized spacial score (nSPS) is 26.1. The Bertz CT molecular complexity index is 515. The van der Waals surface area contributed by atoms with Crippen molar-refractivity contribution < 1.29 is 9.90 Å². The number of phenolic OH excluding ortho intramolecular Hbond substituents is 1. The average Bonchev–Trinajstić information content (AvgIpc) is 2.46. The van der Waals surface area contributed by atoms with Gasteiger partial charge in [-0.05, 0) is 42.5 Å². The van der Waals surface area contributed by atoms with Crippen LogP contribution in [0.25, 0.3) is 0 Å². The zero-order valence-electron chi connectivity index (χ0n) is 11.7. The molecule has 1 fully saturated rings. The number of rotatable bonds is 1. The molecular formula is C16H22N2O2. The van der Waals surface area contributed by atoms with Gasteiger partial charge in [-0.25, -0.2) is 0 Å². The van der Waals surface area contributed by atoms with Gasteiger partial charge in [0.25, 0.3) is 0 Å². The maximum atomic E-state index is 12.6. The molecule has 0 bridgehead atoms. The Labute approximate surface area is 119 Å². The topological polar surface area (TPSA) is 66.6 Å². The summed E-state index contributed by atoms with van der Waals surface area (Å²) >= 11 is 0. The first-order valence-corrected chi connectivity index (χ1v) is 7.50. The van der Waals surface area contributed by atoms with E-state index in [1.54, 1.807) is 12.1 Å². The van der Waals surface area contributed by atoms with Crippen LogP contribution in [0.1, 0.15) is 36.8 Å². The van der Waals surface area contributed by atoms with Crippen LogP contribution in [0.4, 0.5) is 0 Å². The van der Waals surface area contributed by atoms with Gasteiger partial charge in [0.2, 0.25) is 5.91 Å². The van der Waals surface area contributed by atoms with E-state index in [1.807, 2.05) is 11.0 Å². The fourth-order valence-corrected chi connectivity index (χ4v) is 3.43. The minimum absolute atomic E-state index is 0.0115. The van der Waals surface area contributed by atoms with Crippen LogP contribution >= 0.6 is 0 Å². The molecule has 1 aliphatic heterocycles. The van der Waals surface area contributed by atoms with Crippen LogP contribution in [0.15, 0.2) is 18.2 Å². The standard InChI is InChI=1S/C16H22N2O2/c17-15-4-2-1-3-14(15)16(20)18-8-7-11-5-6-13(19)9-12(11)10-18/h5-6,9,14-15,19H,1-4,7-8,10,17H2. The Morgan fingerprint density at radius 1 is 1.25 bits per heavy atom. The van der Waals surface area contributed by atoms with Gasteiger partial charge in [0.15, 0.2) is 0 Å². The first-order valence-electron chi connectivity index (χ1n) is 7.50. The molecule has 1 amide bonds. The van der Waals surface area contributed by atoms with Gasteiger partial charge in [0, 0.05) is 19.1 Å². The molecule has 0 saturated heterocycles. The van der Waals surface area contributed by atoms with Crippen LogP contribution < -0.4 is 5.73 Å². The van der Waals surface area contributed by atoms with Crippen molar-refractivity contribution in [2.45, 2.75) is 44.7 Å². The van der Waals surface area contributed by atoms with Gasteiger partial charge in [0.05, 0.1) is 5.92 Å². The Morgan fingerprint density at radius 3 is 2.85 bits per heavy atom. The highest BCUT2D eigenvalue weighted by Gasteiger charge is 2.32. The summed E-state index contributed by atoms with van der Waals surface area (Å²) in [5.41, 5.74) is 8.42. The molecule has 3 N–H and O–H groups in total. The monoisotopic (exact) mass is 274 g/mol. The van der Waals surface area contributed by atoms with E-state index in [1.165, 1.54) is 5.56 Å². The molecule has 2 atom stereocenters. The summed E-state index contributed by atoms with van der Waals surface area (Å²) in [7, 11) is 0. The average molecular weight is 274 g/mol.